The minimum Gasteiger partial charge on any atom is -0.486 e. The number of Topliss-reactive ketones (excluding diaryl/α,β-unsaturated/α-hetero) is 1. The first-order valence-electron chi connectivity index (χ1n) is 5.00. The van der Waals surface area contributed by atoms with Crippen molar-refractivity contribution in [3.8, 4) is 11.8 Å². The summed E-state index contributed by atoms with van der Waals surface area (Å²) in [6.45, 7) is -0.122. The highest BCUT2D eigenvalue weighted by Crippen LogP contribution is 2.12. The van der Waals surface area contributed by atoms with Crippen molar-refractivity contribution in [3.63, 3.8) is 0 Å². The van der Waals surface area contributed by atoms with E-state index >= 15 is 0 Å². The maximum absolute atomic E-state index is 11.0. The summed E-state index contributed by atoms with van der Waals surface area (Å²) >= 11 is 0. The summed E-state index contributed by atoms with van der Waals surface area (Å²) < 4.78 is 5.16. The highest BCUT2D eigenvalue weighted by molar-refractivity contribution is 5.81. The van der Waals surface area contributed by atoms with Crippen molar-refractivity contribution in [1.82, 2.24) is 0 Å². The molecule has 2 N–H and O–H groups in total. The lowest BCUT2D eigenvalue weighted by molar-refractivity contribution is -0.120. The lowest BCUT2D eigenvalue weighted by atomic mass is 10.1. The number of hydrogen-bond acceptors (Lipinski definition) is 4. The number of carbonyl (C=O) groups excluding carboxylic acids is 2. The molecule has 0 aliphatic carbocycles. The second kappa shape index (κ2) is 6.28. The van der Waals surface area contributed by atoms with Crippen LogP contribution in [0.15, 0.2) is 24.3 Å². The summed E-state index contributed by atoms with van der Waals surface area (Å²) in [6, 6.07) is 8.46. The van der Waals surface area contributed by atoms with Gasteiger partial charge in [0, 0.05) is 0 Å². The Bertz CT molecular complexity index is 446. The van der Waals surface area contributed by atoms with Crippen molar-refractivity contribution in [2.24, 2.45) is 5.73 Å². The van der Waals surface area contributed by atoms with Gasteiger partial charge in [0.15, 0.2) is 5.78 Å². The van der Waals surface area contributed by atoms with Gasteiger partial charge in [-0.25, -0.2) is 0 Å². The van der Waals surface area contributed by atoms with Gasteiger partial charge in [-0.1, -0.05) is 12.1 Å². The molecule has 0 saturated carbocycles. The molecule has 0 unspecified atom stereocenters. The number of ether oxygens (including phenoxy) is 1. The number of primary amides is 1. The van der Waals surface area contributed by atoms with Crippen molar-refractivity contribution < 1.29 is 14.3 Å². The van der Waals surface area contributed by atoms with Crippen LogP contribution >= 0.6 is 0 Å². The van der Waals surface area contributed by atoms with Crippen LogP contribution in [0.5, 0.6) is 5.75 Å². The van der Waals surface area contributed by atoms with Crippen molar-refractivity contribution in [1.29, 1.82) is 5.26 Å². The maximum Gasteiger partial charge on any atom is 0.221 e. The SMILES string of the molecule is N#CCC(=O)COc1ccc(CC(N)=O)cc1. The monoisotopic (exact) mass is 232 g/mol. The number of carbonyl (C=O) groups is 2. The Labute approximate surface area is 98.8 Å². The first-order valence-corrected chi connectivity index (χ1v) is 5.00. The minimum atomic E-state index is -0.400. The summed E-state index contributed by atoms with van der Waals surface area (Å²) in [5, 5.41) is 8.28. The van der Waals surface area contributed by atoms with Crippen LogP contribution in [0.1, 0.15) is 12.0 Å². The van der Waals surface area contributed by atoms with Crippen LogP contribution in [0.3, 0.4) is 0 Å². The average Bonchev–Trinajstić information content (AvgIpc) is 2.28. The van der Waals surface area contributed by atoms with Crippen molar-refractivity contribution in [2.75, 3.05) is 6.61 Å². The zero-order valence-corrected chi connectivity index (χ0v) is 9.18. The van der Waals surface area contributed by atoms with Crippen LogP contribution in [0.25, 0.3) is 0 Å². The second-order valence-electron chi connectivity index (χ2n) is 3.45. The summed E-state index contributed by atoms with van der Waals surface area (Å²) in [4.78, 5) is 21.7. The molecule has 0 saturated heterocycles. The predicted molar refractivity (Wildman–Crippen MR) is 60.1 cm³/mol. The number of nitriles is 1. The van der Waals surface area contributed by atoms with Gasteiger partial charge in [-0.3, -0.25) is 9.59 Å². The lowest BCUT2D eigenvalue weighted by Crippen LogP contribution is -2.13. The highest BCUT2D eigenvalue weighted by atomic mass is 16.5. The molecule has 17 heavy (non-hydrogen) atoms. The Morgan fingerprint density at radius 1 is 1.29 bits per heavy atom. The van der Waals surface area contributed by atoms with Gasteiger partial charge in [0.25, 0.3) is 0 Å². The quantitative estimate of drug-likeness (QED) is 0.776. The topological polar surface area (TPSA) is 93.2 Å². The predicted octanol–water partition coefficient (Wildman–Crippen LogP) is 0.576. The minimum absolute atomic E-state index is 0.122. The van der Waals surface area contributed by atoms with Crippen molar-refractivity contribution in [3.05, 3.63) is 29.8 Å². The Morgan fingerprint density at radius 2 is 1.94 bits per heavy atom. The molecule has 0 aliphatic rings. The summed E-state index contributed by atoms with van der Waals surface area (Å²) in [7, 11) is 0. The van der Waals surface area contributed by atoms with Gasteiger partial charge in [0.05, 0.1) is 18.9 Å². The molecule has 0 bridgehead atoms. The Kier molecular flexibility index (Phi) is 4.70. The number of nitrogens with two attached hydrogens (primary N) is 1. The first-order chi connectivity index (χ1) is 8.11. The molecule has 5 heteroatoms. The van der Waals surface area contributed by atoms with E-state index < -0.39 is 5.91 Å². The molecule has 0 atom stereocenters. The number of benzene rings is 1. The summed E-state index contributed by atoms with van der Waals surface area (Å²) in [5.41, 5.74) is 5.83. The Balaban J connectivity index is 2.48. The van der Waals surface area contributed by atoms with Crippen molar-refractivity contribution >= 4 is 11.7 Å². The molecule has 0 spiro atoms. The second-order valence-corrected chi connectivity index (χ2v) is 3.45. The molecule has 1 aromatic carbocycles. The maximum atomic E-state index is 11.0. The lowest BCUT2D eigenvalue weighted by Gasteiger charge is -2.04. The number of ketones is 1. The zero-order chi connectivity index (χ0) is 12.7. The van der Waals surface area contributed by atoms with Gasteiger partial charge < -0.3 is 10.5 Å². The van der Waals surface area contributed by atoms with Gasteiger partial charge in [0.1, 0.15) is 12.4 Å². The van der Waals surface area contributed by atoms with E-state index in [1.807, 2.05) is 0 Å². The molecule has 0 aliphatic heterocycles. The Morgan fingerprint density at radius 3 is 2.47 bits per heavy atom. The number of amides is 1. The van der Waals surface area contributed by atoms with Gasteiger partial charge >= 0.3 is 0 Å². The standard InChI is InChI=1S/C12H12N2O3/c13-6-5-10(15)8-17-11-3-1-9(2-4-11)7-12(14)16/h1-4H,5,7-8H2,(H2,14,16). The van der Waals surface area contributed by atoms with E-state index in [-0.39, 0.29) is 25.2 Å². The van der Waals surface area contributed by atoms with Crippen LogP contribution in [0.4, 0.5) is 0 Å². The number of hydrogen-bond donors (Lipinski definition) is 1. The number of rotatable bonds is 6. The third kappa shape index (κ3) is 4.80. The van der Waals surface area contributed by atoms with Crippen molar-refractivity contribution in [2.45, 2.75) is 12.8 Å². The third-order valence-electron chi connectivity index (χ3n) is 1.98. The molecule has 88 valence electrons. The number of nitrogens with zero attached hydrogens (tertiary/aromatic N) is 1. The van der Waals surface area contributed by atoms with E-state index in [0.717, 1.165) is 5.56 Å². The summed E-state index contributed by atoms with van der Waals surface area (Å²) in [6.07, 6.45) is 0.0212. The van der Waals surface area contributed by atoms with E-state index in [1.54, 1.807) is 30.3 Å². The van der Waals surface area contributed by atoms with Crippen LogP contribution in [0, 0.1) is 11.3 Å². The molecule has 0 heterocycles. The molecular formula is C12H12N2O3. The van der Waals surface area contributed by atoms with E-state index in [1.165, 1.54) is 0 Å². The highest BCUT2D eigenvalue weighted by Gasteiger charge is 2.03. The van der Waals surface area contributed by atoms with E-state index in [9.17, 15) is 9.59 Å². The van der Waals surface area contributed by atoms with E-state index in [0.29, 0.717) is 5.75 Å². The normalized spacial score (nSPS) is 9.35. The fourth-order valence-corrected chi connectivity index (χ4v) is 1.21. The smallest absolute Gasteiger partial charge is 0.221 e. The zero-order valence-electron chi connectivity index (χ0n) is 9.18. The molecular weight excluding hydrogens is 220 g/mol. The van der Waals surface area contributed by atoms with Crippen LogP contribution in [-0.4, -0.2) is 18.3 Å². The Hall–Kier alpha value is -2.35. The molecule has 1 rings (SSSR count). The van der Waals surface area contributed by atoms with Gasteiger partial charge in [0.2, 0.25) is 5.91 Å². The van der Waals surface area contributed by atoms with Crippen LogP contribution in [0.2, 0.25) is 0 Å². The molecule has 5 nitrogen and oxygen atoms in total. The third-order valence-corrected chi connectivity index (χ3v) is 1.98. The molecule has 1 aromatic rings. The molecule has 0 fully saturated rings. The molecule has 1 amide bonds. The first kappa shape index (κ1) is 12.7. The van der Waals surface area contributed by atoms with Gasteiger partial charge in [-0.15, -0.1) is 0 Å². The van der Waals surface area contributed by atoms with Crippen LogP contribution < -0.4 is 10.5 Å². The van der Waals surface area contributed by atoms with Gasteiger partial charge in [-0.05, 0) is 17.7 Å². The average molecular weight is 232 g/mol. The largest absolute Gasteiger partial charge is 0.486 e. The molecule has 0 aromatic heterocycles. The van der Waals surface area contributed by atoms with Gasteiger partial charge in [-0.2, -0.15) is 5.26 Å². The fraction of sp³-hybridized carbons (Fsp3) is 0.250. The fourth-order valence-electron chi connectivity index (χ4n) is 1.21. The molecule has 0 radical (unpaired) electrons. The van der Waals surface area contributed by atoms with E-state index in [4.69, 9.17) is 15.7 Å². The van der Waals surface area contributed by atoms with Crippen LogP contribution in [-0.2, 0) is 16.0 Å². The summed E-state index contributed by atoms with van der Waals surface area (Å²) in [5.74, 6) is -0.152. The van der Waals surface area contributed by atoms with E-state index in [2.05, 4.69) is 0 Å².